The zero-order chi connectivity index (χ0) is 16.0. The molecule has 6 N–H and O–H groups in total. The van der Waals surface area contributed by atoms with Crippen molar-refractivity contribution in [1.82, 2.24) is 9.55 Å². The second kappa shape index (κ2) is 5.45. The maximum Gasteiger partial charge on any atom is 0.166 e. The monoisotopic (exact) mass is 309 g/mol. The normalized spacial score (nSPS) is 34.0. The number of ether oxygens (including phenoxy) is 1. The van der Waals surface area contributed by atoms with Crippen molar-refractivity contribution in [2.45, 2.75) is 37.6 Å². The van der Waals surface area contributed by atoms with Gasteiger partial charge < -0.3 is 31.1 Å². The number of hydrogen-bond donors (Lipinski definition) is 5. The molecule has 120 valence electrons. The van der Waals surface area contributed by atoms with Gasteiger partial charge in [-0.1, -0.05) is 6.58 Å². The highest BCUT2D eigenvalue weighted by atomic mass is 16.6. The highest BCUT2D eigenvalue weighted by molar-refractivity contribution is 5.95. The van der Waals surface area contributed by atoms with Crippen molar-refractivity contribution in [3.05, 3.63) is 18.1 Å². The summed E-state index contributed by atoms with van der Waals surface area (Å²) in [6.45, 7) is 5.05. The molecule has 1 saturated heterocycles. The number of nitrogens with one attached hydrogen (secondary N) is 1. The van der Waals surface area contributed by atoms with E-state index in [4.69, 9.17) is 10.5 Å². The number of aromatic nitrogens is 2. The van der Waals surface area contributed by atoms with Gasteiger partial charge in [0.05, 0.1) is 6.61 Å². The Labute approximate surface area is 126 Å². The maximum absolute atomic E-state index is 10.2. The van der Waals surface area contributed by atoms with Crippen LogP contribution in [0.5, 0.6) is 0 Å². The Morgan fingerprint density at radius 2 is 2.18 bits per heavy atom. The first-order valence-corrected chi connectivity index (χ1v) is 6.92. The number of nitrogens with zero attached hydrogens (tertiary/aromatic N) is 3. The van der Waals surface area contributed by atoms with Crippen LogP contribution in [0.25, 0.3) is 6.08 Å². The minimum atomic E-state index is -1.22. The molecule has 0 spiro atoms. The topological polar surface area (TPSA) is 138 Å². The summed E-state index contributed by atoms with van der Waals surface area (Å²) < 4.78 is 7.14. The lowest BCUT2D eigenvalue weighted by molar-refractivity contribution is -0.0521. The average molecular weight is 309 g/mol. The predicted octanol–water partition coefficient (Wildman–Crippen LogP) is -1.06. The molecular formula is C13H19N5O4. The molecule has 0 amide bonds. The average Bonchev–Trinajstić information content (AvgIpc) is 2.98. The molecule has 0 radical (unpaired) electrons. The lowest BCUT2D eigenvalue weighted by Crippen LogP contribution is -2.33. The Kier molecular flexibility index (Phi) is 3.75. The molecular weight excluding hydrogens is 290 g/mol. The molecule has 1 aromatic rings. The lowest BCUT2D eigenvalue weighted by atomic mass is 10.1. The number of fused-ring (bicyclic) bond motifs is 1. The van der Waals surface area contributed by atoms with E-state index in [1.165, 1.54) is 6.08 Å². The zero-order valence-electron chi connectivity index (χ0n) is 12.0. The molecule has 0 aliphatic carbocycles. The maximum atomic E-state index is 10.2. The molecule has 9 nitrogen and oxygen atoms in total. The van der Waals surface area contributed by atoms with Crippen molar-refractivity contribution in [2.24, 2.45) is 10.7 Å². The largest absolute Gasteiger partial charge is 0.394 e. The van der Waals surface area contributed by atoms with Gasteiger partial charge in [-0.05, 0) is 13.0 Å². The lowest BCUT2D eigenvalue weighted by Gasteiger charge is -2.24. The van der Waals surface area contributed by atoms with Gasteiger partial charge in [0.15, 0.2) is 6.23 Å². The first-order valence-electron chi connectivity index (χ1n) is 6.92. The van der Waals surface area contributed by atoms with Crippen LogP contribution in [-0.2, 0) is 4.74 Å². The van der Waals surface area contributed by atoms with Crippen LogP contribution < -0.4 is 11.1 Å². The molecule has 0 saturated carbocycles. The molecule has 1 fully saturated rings. The number of aliphatic hydroxyl groups is 3. The Bertz CT molecular complexity index is 628. The summed E-state index contributed by atoms with van der Waals surface area (Å²) in [6, 6.07) is 0. The summed E-state index contributed by atoms with van der Waals surface area (Å²) in [4.78, 5) is 8.54. The van der Waals surface area contributed by atoms with Crippen LogP contribution in [0.2, 0.25) is 0 Å². The molecule has 9 heteroatoms. The van der Waals surface area contributed by atoms with E-state index in [0.29, 0.717) is 23.2 Å². The van der Waals surface area contributed by atoms with E-state index in [2.05, 4.69) is 21.9 Å². The molecule has 5 atom stereocenters. The fourth-order valence-electron chi connectivity index (χ4n) is 2.77. The third-order valence-electron chi connectivity index (χ3n) is 3.83. The van der Waals surface area contributed by atoms with Gasteiger partial charge >= 0.3 is 0 Å². The Morgan fingerprint density at radius 1 is 1.45 bits per heavy atom. The number of aliphatic hydroxyl groups excluding tert-OH is 3. The van der Waals surface area contributed by atoms with Crippen molar-refractivity contribution >= 4 is 17.7 Å². The van der Waals surface area contributed by atoms with Gasteiger partial charge in [0.25, 0.3) is 0 Å². The quantitative estimate of drug-likeness (QED) is 0.479. The Balaban J connectivity index is 2.07. The number of amidine groups is 1. The molecule has 22 heavy (non-hydrogen) atoms. The van der Waals surface area contributed by atoms with Gasteiger partial charge in [0, 0.05) is 0 Å². The van der Waals surface area contributed by atoms with Crippen molar-refractivity contribution in [1.29, 1.82) is 0 Å². The van der Waals surface area contributed by atoms with Gasteiger partial charge in [0.2, 0.25) is 0 Å². The molecule has 0 bridgehead atoms. The van der Waals surface area contributed by atoms with Crippen LogP contribution in [0.15, 0.2) is 11.6 Å². The van der Waals surface area contributed by atoms with Gasteiger partial charge in [-0.15, -0.1) is 0 Å². The molecule has 0 aromatic carbocycles. The summed E-state index contributed by atoms with van der Waals surface area (Å²) in [5, 5.41) is 32.4. The number of hydrogen-bond acceptors (Lipinski definition) is 8. The van der Waals surface area contributed by atoms with Gasteiger partial charge in [-0.25, -0.2) is 9.98 Å². The van der Waals surface area contributed by atoms with E-state index in [-0.39, 0.29) is 0 Å². The smallest absolute Gasteiger partial charge is 0.166 e. The predicted molar refractivity (Wildman–Crippen MR) is 79.0 cm³/mol. The van der Waals surface area contributed by atoms with E-state index < -0.39 is 37.3 Å². The van der Waals surface area contributed by atoms with Crippen molar-refractivity contribution < 1.29 is 20.1 Å². The summed E-state index contributed by atoms with van der Waals surface area (Å²) in [6.07, 6.45) is -3.33. The van der Waals surface area contributed by atoms with Crippen LogP contribution in [0.4, 0.5) is 5.82 Å². The number of aliphatic imine (C=N–C) groups is 1. The molecule has 3 heterocycles. The number of nitrogens with two attached hydrogens (primary N) is 1. The van der Waals surface area contributed by atoms with E-state index in [1.54, 1.807) is 11.5 Å². The summed E-state index contributed by atoms with van der Waals surface area (Å²) in [5.74, 6) is 1.56. The van der Waals surface area contributed by atoms with Crippen LogP contribution in [0, 0.1) is 0 Å². The second-order valence-corrected chi connectivity index (χ2v) is 5.29. The number of rotatable bonds is 3. The van der Waals surface area contributed by atoms with Crippen molar-refractivity contribution in [3.8, 4) is 0 Å². The van der Waals surface area contributed by atoms with E-state index >= 15 is 0 Å². The second-order valence-electron chi connectivity index (χ2n) is 5.29. The Hall–Kier alpha value is -1.78. The number of imidazole rings is 1. The zero-order valence-corrected chi connectivity index (χ0v) is 12.0. The highest BCUT2D eigenvalue weighted by Gasteiger charge is 2.45. The minimum Gasteiger partial charge on any atom is -0.394 e. The summed E-state index contributed by atoms with van der Waals surface area (Å²) in [5.41, 5.74) is 6.46. The third kappa shape index (κ3) is 2.14. The molecule has 2 aliphatic heterocycles. The van der Waals surface area contributed by atoms with Gasteiger partial charge in [-0.2, -0.15) is 0 Å². The van der Waals surface area contributed by atoms with E-state index in [0.717, 1.165) is 0 Å². The van der Waals surface area contributed by atoms with Crippen LogP contribution in [0.3, 0.4) is 0 Å². The Morgan fingerprint density at radius 3 is 2.77 bits per heavy atom. The highest BCUT2D eigenvalue weighted by Crippen LogP contribution is 2.37. The van der Waals surface area contributed by atoms with Crippen LogP contribution in [0.1, 0.15) is 30.8 Å². The van der Waals surface area contributed by atoms with Crippen LogP contribution >= 0.6 is 0 Å². The van der Waals surface area contributed by atoms with E-state index in [9.17, 15) is 15.3 Å². The minimum absolute atomic E-state index is 0.400. The van der Waals surface area contributed by atoms with Gasteiger partial charge in [0.1, 0.15) is 47.6 Å². The summed E-state index contributed by atoms with van der Waals surface area (Å²) >= 11 is 0. The first-order chi connectivity index (χ1) is 10.5. The molecule has 2 unspecified atom stereocenters. The fraction of sp³-hybridized carbons (Fsp3) is 0.538. The van der Waals surface area contributed by atoms with Gasteiger partial charge in [-0.3, -0.25) is 4.57 Å². The molecule has 3 rings (SSSR count). The third-order valence-corrected chi connectivity index (χ3v) is 3.83. The molecule has 1 aromatic heterocycles. The van der Waals surface area contributed by atoms with Crippen molar-refractivity contribution in [3.63, 3.8) is 0 Å². The summed E-state index contributed by atoms with van der Waals surface area (Å²) in [7, 11) is 0. The molecule has 2 aliphatic rings. The SMILES string of the molecule is C=Cc1nc2c(n1[C@@H]1O[C@H](CO)C(O)[C@@H]1O)NC(C)=NC2N. The van der Waals surface area contributed by atoms with Crippen molar-refractivity contribution in [2.75, 3.05) is 11.9 Å². The number of anilines is 1. The van der Waals surface area contributed by atoms with Crippen LogP contribution in [-0.4, -0.2) is 55.6 Å². The standard InChI is InChI=1S/C13H19N5O4/c1-3-7-17-8-11(14)15-5(2)16-12(8)18(7)13-10(21)9(20)6(4-19)22-13/h3,6,9-11,13,19-21H,1,4,14H2,2H3,(H,15,16)/t6-,9?,10+,11?,13-/m1/s1. The fourth-order valence-corrected chi connectivity index (χ4v) is 2.77. The first kappa shape index (κ1) is 15.1. The van der Waals surface area contributed by atoms with E-state index in [1.807, 2.05) is 0 Å².